The highest BCUT2D eigenvalue weighted by molar-refractivity contribution is 9.11. The van der Waals surface area contributed by atoms with E-state index in [9.17, 15) is 0 Å². The first-order valence-corrected chi connectivity index (χ1v) is 7.53. The molecule has 1 aliphatic rings. The molecule has 4 nitrogen and oxygen atoms in total. The van der Waals surface area contributed by atoms with Gasteiger partial charge in [0.2, 0.25) is 5.13 Å². The molecule has 1 aromatic heterocycles. The zero-order valence-corrected chi connectivity index (χ0v) is 12.2. The second-order valence-corrected chi connectivity index (χ2v) is 6.48. The van der Waals surface area contributed by atoms with Crippen LogP contribution in [-0.2, 0) is 0 Å². The molecule has 0 atom stereocenters. The van der Waals surface area contributed by atoms with Crippen LogP contribution < -0.4 is 10.2 Å². The predicted octanol–water partition coefficient (Wildman–Crippen LogP) is 3.64. The summed E-state index contributed by atoms with van der Waals surface area (Å²) in [6.45, 7) is 2.35. The van der Waals surface area contributed by atoms with E-state index in [4.69, 9.17) is 0 Å². The van der Waals surface area contributed by atoms with Crippen LogP contribution in [0.1, 0.15) is 12.8 Å². The van der Waals surface area contributed by atoms with Crippen LogP contribution in [0, 0.1) is 0 Å². The second kappa shape index (κ2) is 5.24. The molecule has 0 amide bonds. The number of rotatable bonds is 3. The molecule has 1 aromatic carbocycles. The van der Waals surface area contributed by atoms with Crippen molar-refractivity contribution in [2.24, 2.45) is 0 Å². The van der Waals surface area contributed by atoms with Crippen LogP contribution in [-0.4, -0.2) is 23.3 Å². The fourth-order valence-electron chi connectivity index (χ4n) is 2.11. The van der Waals surface area contributed by atoms with E-state index >= 15 is 0 Å². The molecule has 3 rings (SSSR count). The van der Waals surface area contributed by atoms with Crippen LogP contribution >= 0.6 is 27.3 Å². The van der Waals surface area contributed by atoms with E-state index in [2.05, 4.69) is 60.6 Å². The van der Waals surface area contributed by atoms with E-state index in [0.717, 1.165) is 14.7 Å². The van der Waals surface area contributed by atoms with E-state index in [1.54, 1.807) is 0 Å². The summed E-state index contributed by atoms with van der Waals surface area (Å²) in [6, 6.07) is 8.49. The lowest BCUT2D eigenvalue weighted by atomic mass is 10.2. The molecule has 0 spiro atoms. The van der Waals surface area contributed by atoms with E-state index in [1.165, 1.54) is 43.0 Å². The molecular formula is C12H13BrN4S. The van der Waals surface area contributed by atoms with Crippen LogP contribution in [0.15, 0.2) is 28.2 Å². The average Bonchev–Trinajstić information content (AvgIpc) is 3.02. The quantitative estimate of drug-likeness (QED) is 0.935. The van der Waals surface area contributed by atoms with Crippen LogP contribution in [0.4, 0.5) is 16.5 Å². The molecule has 2 aromatic rings. The smallest absolute Gasteiger partial charge is 0.210 e. The molecule has 0 saturated carbocycles. The van der Waals surface area contributed by atoms with Gasteiger partial charge in [-0.25, -0.2) is 0 Å². The molecule has 0 aliphatic carbocycles. The number of anilines is 3. The Hall–Kier alpha value is -1.14. The van der Waals surface area contributed by atoms with Gasteiger partial charge in [0, 0.05) is 24.5 Å². The van der Waals surface area contributed by atoms with Crippen molar-refractivity contribution in [1.29, 1.82) is 0 Å². The van der Waals surface area contributed by atoms with Gasteiger partial charge in [-0.2, -0.15) is 0 Å². The zero-order chi connectivity index (χ0) is 12.4. The normalized spacial score (nSPS) is 15.1. The van der Waals surface area contributed by atoms with Crippen molar-refractivity contribution in [3.63, 3.8) is 0 Å². The Kier molecular flexibility index (Phi) is 3.47. The number of hydrogen-bond donors (Lipinski definition) is 1. The maximum absolute atomic E-state index is 4.01. The highest BCUT2D eigenvalue weighted by Crippen LogP contribution is 2.26. The monoisotopic (exact) mass is 324 g/mol. The molecule has 1 aliphatic heterocycles. The lowest BCUT2D eigenvalue weighted by Gasteiger charge is -2.17. The molecule has 1 N–H and O–H groups in total. The summed E-state index contributed by atoms with van der Waals surface area (Å²) < 4.78 is 0.790. The molecule has 0 bridgehead atoms. The third-order valence-corrected chi connectivity index (χ3v) is 4.26. The minimum Gasteiger partial charge on any atom is -0.372 e. The van der Waals surface area contributed by atoms with Gasteiger partial charge in [-0.1, -0.05) is 11.3 Å². The Balaban J connectivity index is 1.70. The third kappa shape index (κ3) is 2.64. The molecule has 2 heterocycles. The average molecular weight is 325 g/mol. The maximum atomic E-state index is 4.01. The minimum absolute atomic E-state index is 0.790. The van der Waals surface area contributed by atoms with Gasteiger partial charge in [-0.15, -0.1) is 10.2 Å². The largest absolute Gasteiger partial charge is 0.372 e. The molecule has 0 unspecified atom stereocenters. The van der Waals surface area contributed by atoms with Crippen molar-refractivity contribution < 1.29 is 0 Å². The SMILES string of the molecule is Brc1nnc(Nc2ccc(N3CCCC3)cc2)s1. The van der Waals surface area contributed by atoms with Gasteiger partial charge in [0.25, 0.3) is 0 Å². The van der Waals surface area contributed by atoms with Gasteiger partial charge < -0.3 is 10.2 Å². The van der Waals surface area contributed by atoms with Crippen molar-refractivity contribution in [1.82, 2.24) is 10.2 Å². The Morgan fingerprint density at radius 2 is 1.83 bits per heavy atom. The second-order valence-electron chi connectivity index (χ2n) is 4.23. The van der Waals surface area contributed by atoms with Crippen molar-refractivity contribution in [3.8, 4) is 0 Å². The molecule has 6 heteroatoms. The highest BCUT2D eigenvalue weighted by atomic mass is 79.9. The summed E-state index contributed by atoms with van der Waals surface area (Å²) in [5.74, 6) is 0. The lowest BCUT2D eigenvalue weighted by molar-refractivity contribution is 0.949. The summed E-state index contributed by atoms with van der Waals surface area (Å²) in [5, 5.41) is 12.0. The van der Waals surface area contributed by atoms with Crippen molar-refractivity contribution in [2.75, 3.05) is 23.3 Å². The molecule has 94 valence electrons. The molecular weight excluding hydrogens is 312 g/mol. The maximum Gasteiger partial charge on any atom is 0.210 e. The fourth-order valence-corrected chi connectivity index (χ4v) is 3.14. The Morgan fingerprint density at radius 3 is 2.44 bits per heavy atom. The molecule has 1 fully saturated rings. The molecule has 0 radical (unpaired) electrons. The van der Waals surface area contributed by atoms with Gasteiger partial charge in [-0.3, -0.25) is 0 Å². The first-order valence-electron chi connectivity index (χ1n) is 5.92. The number of nitrogens with zero attached hydrogens (tertiary/aromatic N) is 3. The van der Waals surface area contributed by atoms with E-state index < -0.39 is 0 Å². The van der Waals surface area contributed by atoms with Gasteiger partial charge in [0.1, 0.15) is 0 Å². The summed E-state index contributed by atoms with van der Waals surface area (Å²) in [6.07, 6.45) is 2.61. The number of nitrogens with one attached hydrogen (secondary N) is 1. The van der Waals surface area contributed by atoms with Gasteiger partial charge in [0.15, 0.2) is 3.92 Å². The first kappa shape index (κ1) is 11.9. The van der Waals surface area contributed by atoms with E-state index in [-0.39, 0.29) is 0 Å². The van der Waals surface area contributed by atoms with Crippen LogP contribution in [0.3, 0.4) is 0 Å². The van der Waals surface area contributed by atoms with Gasteiger partial charge in [0.05, 0.1) is 0 Å². The minimum atomic E-state index is 0.790. The topological polar surface area (TPSA) is 41.1 Å². The van der Waals surface area contributed by atoms with Gasteiger partial charge in [-0.05, 0) is 53.0 Å². The summed E-state index contributed by atoms with van der Waals surface area (Å²) >= 11 is 4.79. The number of halogens is 1. The van der Waals surface area contributed by atoms with Crippen molar-refractivity contribution >= 4 is 43.8 Å². The molecule has 1 saturated heterocycles. The summed E-state index contributed by atoms with van der Waals surface area (Å²) in [7, 11) is 0. The Labute approximate surface area is 118 Å². The highest BCUT2D eigenvalue weighted by Gasteiger charge is 2.11. The number of hydrogen-bond acceptors (Lipinski definition) is 5. The van der Waals surface area contributed by atoms with Crippen molar-refractivity contribution in [2.45, 2.75) is 12.8 Å². The number of aromatic nitrogens is 2. The van der Waals surface area contributed by atoms with Crippen LogP contribution in [0.5, 0.6) is 0 Å². The molecule has 18 heavy (non-hydrogen) atoms. The summed E-state index contributed by atoms with van der Waals surface area (Å²) in [5.41, 5.74) is 2.35. The zero-order valence-electron chi connectivity index (χ0n) is 9.77. The van der Waals surface area contributed by atoms with Crippen LogP contribution in [0.2, 0.25) is 0 Å². The third-order valence-electron chi connectivity index (χ3n) is 2.99. The lowest BCUT2D eigenvalue weighted by Crippen LogP contribution is -2.17. The van der Waals surface area contributed by atoms with Crippen molar-refractivity contribution in [3.05, 3.63) is 28.2 Å². The fraction of sp³-hybridized carbons (Fsp3) is 0.333. The van der Waals surface area contributed by atoms with E-state index in [1.807, 2.05) is 0 Å². The first-order chi connectivity index (χ1) is 8.81. The van der Waals surface area contributed by atoms with Crippen LogP contribution in [0.25, 0.3) is 0 Å². The Morgan fingerprint density at radius 1 is 1.11 bits per heavy atom. The summed E-state index contributed by atoms with van der Waals surface area (Å²) in [4.78, 5) is 2.42. The predicted molar refractivity (Wildman–Crippen MR) is 78.8 cm³/mol. The Bertz CT molecular complexity index is 519. The van der Waals surface area contributed by atoms with Gasteiger partial charge >= 0.3 is 0 Å². The van der Waals surface area contributed by atoms with E-state index in [0.29, 0.717) is 0 Å². The standard InChI is InChI=1S/C12H13BrN4S/c13-11-15-16-12(18-11)14-9-3-5-10(6-4-9)17-7-1-2-8-17/h3-6H,1-2,7-8H2,(H,14,16). The number of benzene rings is 1.